The van der Waals surface area contributed by atoms with Crippen molar-refractivity contribution in [1.82, 2.24) is 14.5 Å². The lowest BCUT2D eigenvalue weighted by Gasteiger charge is -2.29. The molecule has 3 heterocycles. The van der Waals surface area contributed by atoms with Crippen molar-refractivity contribution in [3.8, 4) is 5.69 Å². The molecule has 0 aliphatic carbocycles. The Morgan fingerprint density at radius 1 is 1.25 bits per heavy atom. The van der Waals surface area contributed by atoms with Crippen LogP contribution in [-0.2, 0) is 6.54 Å². The molecule has 6 heteroatoms. The number of carbonyl (C=O) groups is 1. The lowest BCUT2D eigenvalue weighted by atomic mass is 9.99. The van der Waals surface area contributed by atoms with Gasteiger partial charge < -0.3 is 4.57 Å². The molecule has 28 heavy (non-hydrogen) atoms. The molecule has 0 spiro atoms. The number of thiazole rings is 1. The number of benzene rings is 1. The smallest absolute Gasteiger partial charge is 0.257 e. The minimum Gasteiger partial charge on any atom is -0.324 e. The number of piperidine rings is 1. The van der Waals surface area contributed by atoms with E-state index in [0.29, 0.717) is 10.7 Å². The minimum atomic E-state index is -0.124. The fourth-order valence-corrected chi connectivity index (χ4v) is 4.28. The number of aromatic nitrogens is 2. The van der Waals surface area contributed by atoms with Crippen LogP contribution in [0.3, 0.4) is 0 Å². The van der Waals surface area contributed by atoms with Crippen LogP contribution in [0, 0.1) is 12.8 Å². The molecule has 1 fully saturated rings. The summed E-state index contributed by atoms with van der Waals surface area (Å²) >= 11 is 1.49. The van der Waals surface area contributed by atoms with E-state index in [1.807, 2.05) is 59.6 Å². The number of rotatable bonds is 5. The molecule has 0 radical (unpaired) electrons. The minimum absolute atomic E-state index is 0.124. The zero-order valence-electron chi connectivity index (χ0n) is 16.4. The van der Waals surface area contributed by atoms with E-state index in [1.54, 1.807) is 0 Å². The molecule has 1 N–H and O–H groups in total. The average molecular weight is 395 g/mol. The first-order valence-electron chi connectivity index (χ1n) is 9.80. The van der Waals surface area contributed by atoms with Crippen molar-refractivity contribution in [2.24, 2.45) is 5.92 Å². The zero-order valence-corrected chi connectivity index (χ0v) is 17.2. The highest BCUT2D eigenvalue weighted by atomic mass is 32.1. The van der Waals surface area contributed by atoms with Crippen LogP contribution in [0.5, 0.6) is 0 Å². The molecule has 0 bridgehead atoms. The number of likely N-dealkylation sites (tertiary alicyclic amines) is 1. The topological polar surface area (TPSA) is 50.2 Å². The van der Waals surface area contributed by atoms with Crippen molar-refractivity contribution >= 4 is 22.4 Å². The van der Waals surface area contributed by atoms with Gasteiger partial charge in [-0.1, -0.05) is 13.0 Å². The van der Waals surface area contributed by atoms with Gasteiger partial charge in [0.2, 0.25) is 0 Å². The van der Waals surface area contributed by atoms with Gasteiger partial charge in [-0.05, 0) is 68.6 Å². The third-order valence-corrected chi connectivity index (χ3v) is 6.19. The predicted molar refractivity (Wildman–Crippen MR) is 114 cm³/mol. The summed E-state index contributed by atoms with van der Waals surface area (Å²) in [5.41, 5.74) is 3.81. The van der Waals surface area contributed by atoms with E-state index in [4.69, 9.17) is 0 Å². The Hall–Kier alpha value is -2.44. The molecule has 2 aromatic heterocycles. The summed E-state index contributed by atoms with van der Waals surface area (Å²) in [6.45, 7) is 7.49. The molecule has 0 atom stereocenters. The first-order chi connectivity index (χ1) is 13.6. The van der Waals surface area contributed by atoms with E-state index in [2.05, 4.69) is 22.1 Å². The Morgan fingerprint density at radius 3 is 2.75 bits per heavy atom. The number of hydrogen-bond acceptors (Lipinski definition) is 4. The molecule has 0 unspecified atom stereocenters. The Balaban J connectivity index is 1.42. The van der Waals surface area contributed by atoms with Crippen LogP contribution in [0.1, 0.15) is 41.4 Å². The number of nitrogens with one attached hydrogen (secondary N) is 1. The third kappa shape index (κ3) is 4.34. The molecule has 1 amide bonds. The second-order valence-corrected chi connectivity index (χ2v) is 8.51. The molecular formula is C22H26N4OS. The van der Waals surface area contributed by atoms with Gasteiger partial charge >= 0.3 is 0 Å². The van der Waals surface area contributed by atoms with Gasteiger partial charge in [0.15, 0.2) is 5.13 Å². The summed E-state index contributed by atoms with van der Waals surface area (Å²) in [7, 11) is 0. The predicted octanol–water partition coefficient (Wildman–Crippen LogP) is 4.73. The molecule has 1 aromatic carbocycles. The number of hydrogen-bond donors (Lipinski definition) is 1. The number of nitrogens with zero attached hydrogens (tertiary/aromatic N) is 3. The van der Waals surface area contributed by atoms with E-state index in [1.165, 1.54) is 24.2 Å². The van der Waals surface area contributed by atoms with Crippen LogP contribution in [0.2, 0.25) is 0 Å². The summed E-state index contributed by atoms with van der Waals surface area (Å²) in [6.07, 6.45) is 6.48. The lowest BCUT2D eigenvalue weighted by Crippen LogP contribution is -2.32. The Labute approximate surface area is 170 Å². The monoisotopic (exact) mass is 394 g/mol. The molecule has 4 rings (SSSR count). The van der Waals surface area contributed by atoms with Crippen LogP contribution in [0.15, 0.2) is 48.1 Å². The fourth-order valence-electron chi connectivity index (χ4n) is 3.58. The lowest BCUT2D eigenvalue weighted by molar-refractivity contribution is 0.102. The maximum atomic E-state index is 12.7. The van der Waals surface area contributed by atoms with Gasteiger partial charge in [0, 0.05) is 35.6 Å². The molecule has 1 aliphatic heterocycles. The summed E-state index contributed by atoms with van der Waals surface area (Å²) in [6, 6.07) is 9.72. The molecule has 146 valence electrons. The van der Waals surface area contributed by atoms with Gasteiger partial charge in [0.05, 0.1) is 5.69 Å². The summed E-state index contributed by atoms with van der Waals surface area (Å²) in [4.78, 5) is 19.8. The summed E-state index contributed by atoms with van der Waals surface area (Å²) in [5.74, 6) is 0.702. The zero-order chi connectivity index (χ0) is 19.5. The van der Waals surface area contributed by atoms with Crippen molar-refractivity contribution in [2.75, 3.05) is 18.4 Å². The van der Waals surface area contributed by atoms with Crippen LogP contribution in [0.4, 0.5) is 5.13 Å². The van der Waals surface area contributed by atoms with Gasteiger partial charge in [-0.15, -0.1) is 11.3 Å². The molecule has 0 saturated carbocycles. The van der Waals surface area contributed by atoms with Crippen molar-refractivity contribution in [3.05, 3.63) is 64.9 Å². The van der Waals surface area contributed by atoms with E-state index in [9.17, 15) is 4.79 Å². The van der Waals surface area contributed by atoms with E-state index < -0.39 is 0 Å². The van der Waals surface area contributed by atoms with Crippen molar-refractivity contribution in [3.63, 3.8) is 0 Å². The molecule has 5 nitrogen and oxygen atoms in total. The second kappa shape index (κ2) is 8.29. The first-order valence-corrected chi connectivity index (χ1v) is 10.7. The second-order valence-electron chi connectivity index (χ2n) is 7.65. The van der Waals surface area contributed by atoms with Crippen molar-refractivity contribution < 1.29 is 4.79 Å². The van der Waals surface area contributed by atoms with Crippen LogP contribution in [-0.4, -0.2) is 33.4 Å². The highest BCUT2D eigenvalue weighted by molar-refractivity contribution is 7.13. The maximum Gasteiger partial charge on any atom is 0.257 e. The first kappa shape index (κ1) is 18.9. The Kier molecular flexibility index (Phi) is 5.59. The van der Waals surface area contributed by atoms with Gasteiger partial charge in [0.25, 0.3) is 5.91 Å². The van der Waals surface area contributed by atoms with E-state index >= 15 is 0 Å². The fraction of sp³-hybridized carbons (Fsp3) is 0.364. The SMILES string of the molecule is Cc1ccc(C(=O)Nc2nc(CN3CCC(C)CC3)cs2)cc1-n1cccc1. The number of carbonyl (C=O) groups excluding carboxylic acids is 1. The number of aryl methyl sites for hydroxylation is 1. The largest absolute Gasteiger partial charge is 0.324 e. The number of amides is 1. The molecule has 3 aromatic rings. The van der Waals surface area contributed by atoms with Crippen molar-refractivity contribution in [2.45, 2.75) is 33.2 Å². The molecular weight excluding hydrogens is 368 g/mol. The standard InChI is InChI=1S/C22H26N4OS/c1-16-7-11-25(12-8-16)14-19-15-28-22(23-19)24-21(27)18-6-5-17(2)20(13-18)26-9-3-4-10-26/h3-6,9-10,13,15-16H,7-8,11-12,14H2,1-2H3,(H,23,24,27). The van der Waals surface area contributed by atoms with Crippen molar-refractivity contribution in [1.29, 1.82) is 0 Å². The van der Waals surface area contributed by atoms with Crippen LogP contribution >= 0.6 is 11.3 Å². The highest BCUT2D eigenvalue weighted by Crippen LogP contribution is 2.22. The number of anilines is 1. The molecule has 1 aliphatic rings. The Morgan fingerprint density at radius 2 is 2.00 bits per heavy atom. The normalized spacial score (nSPS) is 15.6. The van der Waals surface area contributed by atoms with Crippen LogP contribution in [0.25, 0.3) is 5.69 Å². The summed E-state index contributed by atoms with van der Waals surface area (Å²) < 4.78 is 2.02. The van der Waals surface area contributed by atoms with Gasteiger partial charge in [0.1, 0.15) is 0 Å². The average Bonchev–Trinajstić information content (AvgIpc) is 3.36. The molecule has 1 saturated heterocycles. The Bertz CT molecular complexity index is 939. The van der Waals surface area contributed by atoms with E-state index in [-0.39, 0.29) is 5.91 Å². The van der Waals surface area contributed by atoms with Gasteiger partial charge in [-0.25, -0.2) is 4.98 Å². The quantitative estimate of drug-likeness (QED) is 0.681. The summed E-state index contributed by atoms with van der Waals surface area (Å²) in [5, 5.41) is 5.67. The van der Waals surface area contributed by atoms with Gasteiger partial charge in [-0.3, -0.25) is 15.0 Å². The van der Waals surface area contributed by atoms with Crippen LogP contribution < -0.4 is 5.32 Å². The maximum absolute atomic E-state index is 12.7. The highest BCUT2D eigenvalue weighted by Gasteiger charge is 2.17. The van der Waals surface area contributed by atoms with E-state index in [0.717, 1.165) is 42.5 Å². The van der Waals surface area contributed by atoms with Gasteiger partial charge in [-0.2, -0.15) is 0 Å². The third-order valence-electron chi connectivity index (χ3n) is 5.39.